The number of hydrogen-bond acceptors (Lipinski definition) is 3. The Morgan fingerprint density at radius 1 is 1.19 bits per heavy atom. The number of anilines is 1. The number of alkyl halides is 3. The van der Waals surface area contributed by atoms with Gasteiger partial charge in [0.25, 0.3) is 5.91 Å². The van der Waals surface area contributed by atoms with Crippen molar-refractivity contribution in [1.29, 1.82) is 0 Å². The second-order valence-corrected chi connectivity index (χ2v) is 4.66. The number of aryl methyl sites for hydroxylation is 3. The minimum atomic E-state index is -4.52. The second-order valence-electron chi connectivity index (χ2n) is 4.66. The lowest BCUT2D eigenvalue weighted by atomic mass is 10.2. The van der Waals surface area contributed by atoms with Gasteiger partial charge in [-0.25, -0.2) is 0 Å². The van der Waals surface area contributed by atoms with Gasteiger partial charge in [0.1, 0.15) is 5.69 Å². The summed E-state index contributed by atoms with van der Waals surface area (Å²) < 4.78 is 40.2. The molecule has 0 aromatic carbocycles. The predicted octanol–water partition coefficient (Wildman–Crippen LogP) is 2.04. The van der Waals surface area contributed by atoms with Crippen molar-refractivity contribution in [3.63, 3.8) is 0 Å². The fourth-order valence-electron chi connectivity index (χ4n) is 2.07. The molecule has 0 aliphatic carbocycles. The summed E-state index contributed by atoms with van der Waals surface area (Å²) in [5.41, 5.74) is 0.519. The van der Waals surface area contributed by atoms with Crippen molar-refractivity contribution < 1.29 is 18.0 Å². The van der Waals surface area contributed by atoms with Gasteiger partial charge >= 0.3 is 6.18 Å². The highest BCUT2D eigenvalue weighted by Gasteiger charge is 2.35. The number of carbonyl (C=O) groups excluding carboxylic acids is 1. The molecule has 0 bridgehead atoms. The molecule has 0 aliphatic rings. The first-order valence-electron chi connectivity index (χ1n) is 6.04. The summed E-state index contributed by atoms with van der Waals surface area (Å²) in [6.45, 7) is 3.36. The van der Waals surface area contributed by atoms with Crippen molar-refractivity contribution in [2.75, 3.05) is 5.32 Å². The lowest BCUT2D eigenvalue weighted by molar-refractivity contribution is -0.143. The van der Waals surface area contributed by atoms with Crippen LogP contribution in [-0.2, 0) is 20.3 Å². The van der Waals surface area contributed by atoms with E-state index in [1.807, 2.05) is 0 Å². The Morgan fingerprint density at radius 3 is 2.24 bits per heavy atom. The maximum Gasteiger partial charge on any atom is 0.433 e. The van der Waals surface area contributed by atoms with E-state index in [-0.39, 0.29) is 5.82 Å². The molecule has 21 heavy (non-hydrogen) atoms. The van der Waals surface area contributed by atoms with Crippen LogP contribution in [0.3, 0.4) is 0 Å². The van der Waals surface area contributed by atoms with Gasteiger partial charge in [0, 0.05) is 25.9 Å². The lowest BCUT2D eigenvalue weighted by Crippen LogP contribution is -2.14. The Bertz CT molecular complexity index is 699. The summed E-state index contributed by atoms with van der Waals surface area (Å²) in [4.78, 5) is 12.1. The van der Waals surface area contributed by atoms with E-state index in [0.717, 1.165) is 6.07 Å². The van der Waals surface area contributed by atoms with Crippen LogP contribution in [-0.4, -0.2) is 25.5 Å². The van der Waals surface area contributed by atoms with Crippen molar-refractivity contribution in [3.05, 3.63) is 28.7 Å². The smallest absolute Gasteiger partial charge is 0.305 e. The molecular formula is C12H14F3N5O. The average Bonchev–Trinajstić information content (AvgIpc) is 2.80. The standard InChI is InChI=1S/C12H14F3N5O/c1-6-10(7(2)19(3)17-6)11(21)16-9-5-8(12(13,14)15)20(4)18-9/h5H,1-4H3,(H,16,18,21). The van der Waals surface area contributed by atoms with Gasteiger partial charge < -0.3 is 5.32 Å². The van der Waals surface area contributed by atoms with Crippen molar-refractivity contribution in [2.45, 2.75) is 20.0 Å². The van der Waals surface area contributed by atoms with Gasteiger partial charge in [0.15, 0.2) is 5.82 Å². The second kappa shape index (κ2) is 4.90. The van der Waals surface area contributed by atoms with E-state index >= 15 is 0 Å². The van der Waals surface area contributed by atoms with Gasteiger partial charge in [-0.05, 0) is 13.8 Å². The van der Waals surface area contributed by atoms with Crippen LogP contribution >= 0.6 is 0 Å². The van der Waals surface area contributed by atoms with E-state index in [0.29, 0.717) is 21.6 Å². The molecule has 114 valence electrons. The van der Waals surface area contributed by atoms with Crippen LogP contribution < -0.4 is 5.32 Å². The molecular weight excluding hydrogens is 287 g/mol. The molecule has 0 spiro atoms. The van der Waals surface area contributed by atoms with Crippen molar-refractivity contribution in [3.8, 4) is 0 Å². The molecule has 0 unspecified atom stereocenters. The lowest BCUT2D eigenvalue weighted by Gasteiger charge is -2.04. The van der Waals surface area contributed by atoms with E-state index in [2.05, 4.69) is 15.5 Å². The molecule has 6 nitrogen and oxygen atoms in total. The number of nitrogens with zero attached hydrogens (tertiary/aromatic N) is 4. The van der Waals surface area contributed by atoms with Gasteiger partial charge in [0.05, 0.1) is 11.3 Å². The van der Waals surface area contributed by atoms with E-state index in [1.54, 1.807) is 20.9 Å². The molecule has 9 heteroatoms. The van der Waals surface area contributed by atoms with Crippen molar-refractivity contribution in [2.24, 2.45) is 14.1 Å². The maximum atomic E-state index is 12.7. The molecule has 0 radical (unpaired) electrons. The molecule has 0 fully saturated rings. The van der Waals surface area contributed by atoms with Crippen molar-refractivity contribution >= 4 is 11.7 Å². The van der Waals surface area contributed by atoms with E-state index in [9.17, 15) is 18.0 Å². The Hall–Kier alpha value is -2.32. The third kappa shape index (κ3) is 2.76. The number of hydrogen-bond donors (Lipinski definition) is 1. The fraction of sp³-hybridized carbons (Fsp3) is 0.417. The minimum absolute atomic E-state index is 0.155. The van der Waals surface area contributed by atoms with Crippen molar-refractivity contribution in [1.82, 2.24) is 19.6 Å². The Morgan fingerprint density at radius 2 is 1.81 bits per heavy atom. The third-order valence-electron chi connectivity index (χ3n) is 3.15. The number of halogens is 3. The largest absolute Gasteiger partial charge is 0.433 e. The SMILES string of the molecule is Cc1nn(C)c(C)c1C(=O)Nc1cc(C(F)(F)F)n(C)n1. The predicted molar refractivity (Wildman–Crippen MR) is 68.8 cm³/mol. The molecule has 2 rings (SSSR count). The van der Waals surface area contributed by atoms with E-state index in [4.69, 9.17) is 0 Å². The van der Waals surface area contributed by atoms with Crippen LogP contribution in [0.5, 0.6) is 0 Å². The zero-order valence-electron chi connectivity index (χ0n) is 11.9. The summed E-state index contributed by atoms with van der Waals surface area (Å²) in [5, 5.41) is 10.1. The summed E-state index contributed by atoms with van der Waals surface area (Å²) in [6.07, 6.45) is -4.52. The first-order valence-corrected chi connectivity index (χ1v) is 6.04. The minimum Gasteiger partial charge on any atom is -0.305 e. The highest BCUT2D eigenvalue weighted by atomic mass is 19.4. The van der Waals surface area contributed by atoms with Gasteiger partial charge in [-0.15, -0.1) is 0 Å². The molecule has 2 aromatic heterocycles. The van der Waals surface area contributed by atoms with Crippen LogP contribution in [0.4, 0.5) is 19.0 Å². The van der Waals surface area contributed by atoms with Crippen LogP contribution in [0.2, 0.25) is 0 Å². The molecule has 2 heterocycles. The van der Waals surface area contributed by atoms with Crippen LogP contribution in [0, 0.1) is 13.8 Å². The average molecular weight is 301 g/mol. The molecule has 0 aliphatic heterocycles. The van der Waals surface area contributed by atoms with Crippen LogP contribution in [0.1, 0.15) is 27.4 Å². The Kier molecular flexibility index (Phi) is 3.52. The van der Waals surface area contributed by atoms with E-state index in [1.165, 1.54) is 11.7 Å². The third-order valence-corrected chi connectivity index (χ3v) is 3.15. The molecule has 0 atom stereocenters. The maximum absolute atomic E-state index is 12.7. The monoisotopic (exact) mass is 301 g/mol. The van der Waals surface area contributed by atoms with E-state index < -0.39 is 17.8 Å². The summed E-state index contributed by atoms with van der Waals surface area (Å²) in [6, 6.07) is 0.791. The molecule has 0 saturated heterocycles. The van der Waals surface area contributed by atoms with Gasteiger partial charge in [-0.3, -0.25) is 14.2 Å². The summed E-state index contributed by atoms with van der Waals surface area (Å²) in [7, 11) is 2.85. The topological polar surface area (TPSA) is 64.7 Å². The highest BCUT2D eigenvalue weighted by Crippen LogP contribution is 2.30. The highest BCUT2D eigenvalue weighted by molar-refractivity contribution is 6.05. The number of aromatic nitrogens is 4. The summed E-state index contributed by atoms with van der Waals surface area (Å²) in [5.74, 6) is -0.692. The quantitative estimate of drug-likeness (QED) is 0.923. The molecule has 2 aromatic rings. The van der Waals surface area contributed by atoms with Gasteiger partial charge in [-0.2, -0.15) is 23.4 Å². The van der Waals surface area contributed by atoms with Gasteiger partial charge in [0.2, 0.25) is 0 Å². The zero-order chi connectivity index (χ0) is 15.9. The number of carbonyl (C=O) groups is 1. The number of rotatable bonds is 2. The van der Waals surface area contributed by atoms with Gasteiger partial charge in [-0.1, -0.05) is 0 Å². The first-order chi connectivity index (χ1) is 9.61. The van der Waals surface area contributed by atoms with Crippen LogP contribution in [0.25, 0.3) is 0 Å². The zero-order valence-corrected chi connectivity index (χ0v) is 11.9. The normalized spacial score (nSPS) is 11.8. The van der Waals surface area contributed by atoms with Crippen LogP contribution in [0.15, 0.2) is 6.07 Å². The molecule has 1 amide bonds. The molecule has 0 saturated carbocycles. The Balaban J connectivity index is 2.29. The summed E-state index contributed by atoms with van der Waals surface area (Å²) >= 11 is 0. The fourth-order valence-corrected chi connectivity index (χ4v) is 2.07. The number of amides is 1. The Labute approximate surface area is 118 Å². The first kappa shape index (κ1) is 15.1. The number of nitrogens with one attached hydrogen (secondary N) is 1. The molecule has 1 N–H and O–H groups in total.